The molecule has 5 nitrogen and oxygen atoms in total. The van der Waals surface area contributed by atoms with Crippen molar-refractivity contribution in [2.24, 2.45) is 5.41 Å². The molecule has 0 amide bonds. The highest BCUT2D eigenvalue weighted by Gasteiger charge is 2.45. The van der Waals surface area contributed by atoms with E-state index in [2.05, 4.69) is 81.5 Å². The summed E-state index contributed by atoms with van der Waals surface area (Å²) >= 11 is 0. The van der Waals surface area contributed by atoms with Gasteiger partial charge < -0.3 is 14.4 Å². The van der Waals surface area contributed by atoms with Gasteiger partial charge in [-0.25, -0.2) is 9.97 Å². The fraction of sp³-hybridized carbons (Fsp3) is 0.583. The van der Waals surface area contributed by atoms with Crippen molar-refractivity contribution in [3.63, 3.8) is 0 Å². The lowest BCUT2D eigenvalue weighted by Crippen LogP contribution is -2.60. The van der Waals surface area contributed by atoms with Gasteiger partial charge in [-0.3, -0.25) is 0 Å². The van der Waals surface area contributed by atoms with Crippen LogP contribution in [0.4, 0.5) is 5.95 Å². The van der Waals surface area contributed by atoms with Gasteiger partial charge in [0.05, 0.1) is 30.6 Å². The molecular formula is C24H35N3O2. The number of morpholine rings is 1. The van der Waals surface area contributed by atoms with Gasteiger partial charge in [0.1, 0.15) is 6.61 Å². The van der Waals surface area contributed by atoms with E-state index in [1.54, 1.807) is 12.4 Å². The Balaban J connectivity index is 1.72. The van der Waals surface area contributed by atoms with Crippen LogP contribution in [-0.2, 0) is 11.3 Å². The molecule has 158 valence electrons. The Bertz CT molecular complexity index is 809. The molecule has 0 aliphatic carbocycles. The van der Waals surface area contributed by atoms with Crippen LogP contribution in [0.3, 0.4) is 0 Å². The molecule has 1 aliphatic rings. The molecule has 1 aromatic carbocycles. The van der Waals surface area contributed by atoms with E-state index in [0.29, 0.717) is 12.4 Å². The van der Waals surface area contributed by atoms with Crippen molar-refractivity contribution in [1.82, 2.24) is 9.97 Å². The van der Waals surface area contributed by atoms with Gasteiger partial charge in [0.15, 0.2) is 5.75 Å². The third-order valence-corrected chi connectivity index (χ3v) is 6.31. The Morgan fingerprint density at radius 3 is 2.34 bits per heavy atom. The van der Waals surface area contributed by atoms with Gasteiger partial charge in [0, 0.05) is 6.54 Å². The standard InChI is InChI=1S/C24H35N3O2/c1-8-19-14-27(16-24(7,29-19)23(4,5)6)22-25-12-20(13-26-22)28-15-21-17(2)10-9-11-18(21)3/h9-13,19H,8,14-16H2,1-7H3/t19-,24-/m0/s1. The van der Waals surface area contributed by atoms with Crippen LogP contribution in [0.1, 0.15) is 57.7 Å². The highest BCUT2D eigenvalue weighted by Crippen LogP contribution is 2.39. The van der Waals surface area contributed by atoms with Crippen molar-refractivity contribution in [2.45, 2.75) is 73.2 Å². The normalized spacial score (nSPS) is 22.6. The smallest absolute Gasteiger partial charge is 0.225 e. The van der Waals surface area contributed by atoms with E-state index < -0.39 is 0 Å². The fourth-order valence-corrected chi connectivity index (χ4v) is 3.68. The Hall–Kier alpha value is -2.14. The van der Waals surface area contributed by atoms with Crippen LogP contribution in [0.5, 0.6) is 5.75 Å². The average molecular weight is 398 g/mol. The fourth-order valence-electron chi connectivity index (χ4n) is 3.68. The monoisotopic (exact) mass is 397 g/mol. The van der Waals surface area contributed by atoms with Crippen LogP contribution in [0.25, 0.3) is 0 Å². The van der Waals surface area contributed by atoms with Gasteiger partial charge in [-0.2, -0.15) is 0 Å². The van der Waals surface area contributed by atoms with E-state index in [1.807, 2.05) is 0 Å². The van der Waals surface area contributed by atoms with E-state index in [9.17, 15) is 0 Å². The van der Waals surface area contributed by atoms with Crippen molar-refractivity contribution in [3.05, 3.63) is 47.3 Å². The maximum absolute atomic E-state index is 6.45. The van der Waals surface area contributed by atoms with E-state index in [-0.39, 0.29) is 17.1 Å². The maximum atomic E-state index is 6.45. The van der Waals surface area contributed by atoms with E-state index in [1.165, 1.54) is 16.7 Å². The molecule has 1 fully saturated rings. The van der Waals surface area contributed by atoms with Gasteiger partial charge in [0.25, 0.3) is 0 Å². The predicted molar refractivity (Wildman–Crippen MR) is 118 cm³/mol. The van der Waals surface area contributed by atoms with Crippen molar-refractivity contribution < 1.29 is 9.47 Å². The molecular weight excluding hydrogens is 362 g/mol. The minimum atomic E-state index is -0.257. The Labute approximate surface area is 175 Å². The van der Waals surface area contributed by atoms with E-state index >= 15 is 0 Å². The summed E-state index contributed by atoms with van der Waals surface area (Å²) in [5.41, 5.74) is 3.46. The Morgan fingerprint density at radius 1 is 1.17 bits per heavy atom. The van der Waals surface area contributed by atoms with Crippen LogP contribution < -0.4 is 9.64 Å². The number of nitrogens with zero attached hydrogens (tertiary/aromatic N) is 3. The van der Waals surface area contributed by atoms with Gasteiger partial charge in [0.2, 0.25) is 5.95 Å². The molecule has 2 aromatic rings. The van der Waals surface area contributed by atoms with E-state index in [0.717, 1.165) is 25.5 Å². The molecule has 1 saturated heterocycles. The molecule has 0 saturated carbocycles. The van der Waals surface area contributed by atoms with Gasteiger partial charge in [-0.1, -0.05) is 45.9 Å². The average Bonchev–Trinajstić information content (AvgIpc) is 2.67. The second-order valence-electron chi connectivity index (χ2n) is 9.39. The summed E-state index contributed by atoms with van der Waals surface area (Å²) in [6.45, 7) is 17.4. The first-order valence-corrected chi connectivity index (χ1v) is 10.6. The molecule has 1 aliphatic heterocycles. The second kappa shape index (κ2) is 8.31. The highest BCUT2D eigenvalue weighted by atomic mass is 16.5. The van der Waals surface area contributed by atoms with Crippen LogP contribution in [0.2, 0.25) is 0 Å². The summed E-state index contributed by atoms with van der Waals surface area (Å²) in [6, 6.07) is 6.30. The van der Waals surface area contributed by atoms with Crippen LogP contribution in [0.15, 0.2) is 30.6 Å². The predicted octanol–water partition coefficient (Wildman–Crippen LogP) is 5.09. The number of anilines is 1. The highest BCUT2D eigenvalue weighted by molar-refractivity contribution is 5.35. The number of aromatic nitrogens is 2. The Kier molecular flexibility index (Phi) is 6.18. The van der Waals surface area contributed by atoms with Gasteiger partial charge in [-0.05, 0) is 49.3 Å². The summed E-state index contributed by atoms with van der Waals surface area (Å²) in [5, 5.41) is 0. The number of benzene rings is 1. The first-order chi connectivity index (χ1) is 13.6. The zero-order valence-corrected chi connectivity index (χ0v) is 19.0. The second-order valence-corrected chi connectivity index (χ2v) is 9.39. The molecule has 1 aromatic heterocycles. The third kappa shape index (κ3) is 4.72. The number of hydrogen-bond donors (Lipinski definition) is 0. The van der Waals surface area contributed by atoms with Crippen molar-refractivity contribution in [1.29, 1.82) is 0 Å². The minimum Gasteiger partial charge on any atom is -0.486 e. The van der Waals surface area contributed by atoms with Crippen LogP contribution in [0, 0.1) is 19.3 Å². The summed E-state index contributed by atoms with van der Waals surface area (Å²) in [5.74, 6) is 1.43. The molecule has 0 unspecified atom stereocenters. The summed E-state index contributed by atoms with van der Waals surface area (Å²) < 4.78 is 12.4. The first-order valence-electron chi connectivity index (χ1n) is 10.6. The quantitative estimate of drug-likeness (QED) is 0.703. The van der Waals surface area contributed by atoms with Crippen molar-refractivity contribution >= 4 is 5.95 Å². The van der Waals surface area contributed by atoms with Crippen molar-refractivity contribution in [2.75, 3.05) is 18.0 Å². The topological polar surface area (TPSA) is 47.5 Å². The number of ether oxygens (including phenoxy) is 2. The molecule has 0 spiro atoms. The zero-order chi connectivity index (χ0) is 21.2. The van der Waals surface area contributed by atoms with Crippen LogP contribution in [-0.4, -0.2) is 34.8 Å². The molecule has 2 heterocycles. The van der Waals surface area contributed by atoms with Gasteiger partial charge >= 0.3 is 0 Å². The molecule has 29 heavy (non-hydrogen) atoms. The minimum absolute atomic E-state index is 0.0214. The summed E-state index contributed by atoms with van der Waals surface area (Å²) in [4.78, 5) is 11.5. The maximum Gasteiger partial charge on any atom is 0.225 e. The lowest BCUT2D eigenvalue weighted by Gasteiger charge is -2.51. The lowest BCUT2D eigenvalue weighted by atomic mass is 9.76. The van der Waals surface area contributed by atoms with E-state index in [4.69, 9.17) is 9.47 Å². The third-order valence-electron chi connectivity index (χ3n) is 6.31. The Morgan fingerprint density at radius 2 is 1.79 bits per heavy atom. The molecule has 0 bridgehead atoms. The molecule has 0 N–H and O–H groups in total. The van der Waals surface area contributed by atoms with Crippen LogP contribution >= 0.6 is 0 Å². The van der Waals surface area contributed by atoms with Gasteiger partial charge in [-0.15, -0.1) is 0 Å². The number of aryl methyl sites for hydroxylation is 2. The number of rotatable bonds is 5. The first kappa shape index (κ1) is 21.6. The number of hydrogen-bond acceptors (Lipinski definition) is 5. The molecule has 0 radical (unpaired) electrons. The zero-order valence-electron chi connectivity index (χ0n) is 19.0. The summed E-state index contributed by atoms with van der Waals surface area (Å²) in [6.07, 6.45) is 4.71. The molecule has 5 heteroatoms. The summed E-state index contributed by atoms with van der Waals surface area (Å²) in [7, 11) is 0. The lowest BCUT2D eigenvalue weighted by molar-refractivity contribution is -0.151. The molecule has 2 atom stereocenters. The largest absolute Gasteiger partial charge is 0.486 e. The van der Waals surface area contributed by atoms with Crippen molar-refractivity contribution in [3.8, 4) is 5.75 Å². The SMILES string of the molecule is CC[C@H]1CN(c2ncc(OCc3c(C)cccc3C)cn2)C[C@@](C)(C(C)(C)C)O1. The molecule has 3 rings (SSSR count).